The number of nitrogens with zero attached hydrogens (tertiary/aromatic N) is 2. The van der Waals surface area contributed by atoms with Crippen LogP contribution in [0.25, 0.3) is 11.3 Å². The number of hydrogen-bond donors (Lipinski definition) is 2. The van der Waals surface area contributed by atoms with Gasteiger partial charge in [0.2, 0.25) is 5.76 Å². The van der Waals surface area contributed by atoms with E-state index in [0.717, 1.165) is 18.7 Å². The summed E-state index contributed by atoms with van der Waals surface area (Å²) >= 11 is 0. The molecule has 154 valence electrons. The first-order chi connectivity index (χ1) is 13.9. The van der Waals surface area contributed by atoms with E-state index in [9.17, 15) is 23.5 Å². The van der Waals surface area contributed by atoms with E-state index in [1.807, 2.05) is 0 Å². The van der Waals surface area contributed by atoms with Crippen molar-refractivity contribution in [3.05, 3.63) is 41.7 Å². The molecular formula is C20H21F2N3O4. The molecule has 0 radical (unpaired) electrons. The van der Waals surface area contributed by atoms with E-state index in [2.05, 4.69) is 15.4 Å². The van der Waals surface area contributed by atoms with Crippen LogP contribution in [0.2, 0.25) is 0 Å². The van der Waals surface area contributed by atoms with Crippen molar-refractivity contribution < 1.29 is 28.0 Å². The van der Waals surface area contributed by atoms with Gasteiger partial charge in [-0.15, -0.1) is 0 Å². The fraction of sp³-hybridized carbons (Fsp3) is 0.450. The van der Waals surface area contributed by atoms with Crippen LogP contribution in [0.1, 0.15) is 29.8 Å². The molecule has 2 N–H and O–H groups in total. The maximum atomic E-state index is 13.9. The predicted molar refractivity (Wildman–Crippen MR) is 98.0 cm³/mol. The first-order valence-corrected chi connectivity index (χ1v) is 9.59. The SMILES string of the molecule is O=C(N[C@@H]1CCN(CC2CC2)C[C@H]1C(=O)O)c1cc(-c2ccc(F)cc2F)no1. The lowest BCUT2D eigenvalue weighted by Crippen LogP contribution is -2.53. The fourth-order valence-electron chi connectivity index (χ4n) is 3.72. The number of halogens is 2. The van der Waals surface area contributed by atoms with Gasteiger partial charge in [0.05, 0.1) is 5.92 Å². The molecule has 9 heteroatoms. The topological polar surface area (TPSA) is 95.7 Å². The lowest BCUT2D eigenvalue weighted by Gasteiger charge is -2.36. The number of benzene rings is 1. The summed E-state index contributed by atoms with van der Waals surface area (Å²) in [5, 5.41) is 16.0. The zero-order chi connectivity index (χ0) is 20.5. The number of piperidine rings is 1. The number of rotatable bonds is 6. The summed E-state index contributed by atoms with van der Waals surface area (Å²) in [6.07, 6.45) is 2.90. The van der Waals surface area contributed by atoms with E-state index in [-0.39, 0.29) is 17.0 Å². The van der Waals surface area contributed by atoms with Crippen molar-refractivity contribution in [3.8, 4) is 11.3 Å². The van der Waals surface area contributed by atoms with Gasteiger partial charge in [-0.25, -0.2) is 8.78 Å². The third kappa shape index (κ3) is 4.45. The van der Waals surface area contributed by atoms with Crippen molar-refractivity contribution in [2.75, 3.05) is 19.6 Å². The number of hydrogen-bond acceptors (Lipinski definition) is 5. The number of likely N-dealkylation sites (tertiary alicyclic amines) is 1. The smallest absolute Gasteiger partial charge is 0.309 e. The fourth-order valence-corrected chi connectivity index (χ4v) is 3.72. The molecule has 2 atom stereocenters. The van der Waals surface area contributed by atoms with Gasteiger partial charge >= 0.3 is 5.97 Å². The summed E-state index contributed by atoms with van der Waals surface area (Å²) in [4.78, 5) is 26.4. The molecule has 2 aromatic rings. The molecule has 1 aromatic carbocycles. The number of amides is 1. The number of nitrogens with one attached hydrogen (secondary N) is 1. The van der Waals surface area contributed by atoms with Gasteiger partial charge in [0.1, 0.15) is 17.3 Å². The Labute approximate surface area is 165 Å². The van der Waals surface area contributed by atoms with Crippen LogP contribution in [-0.4, -0.2) is 52.7 Å². The molecule has 1 aliphatic heterocycles. The predicted octanol–water partition coefficient (Wildman–Crippen LogP) is 2.53. The van der Waals surface area contributed by atoms with Gasteiger partial charge in [-0.3, -0.25) is 9.59 Å². The Kier molecular flexibility index (Phi) is 5.31. The average Bonchev–Trinajstić information content (AvgIpc) is 3.35. The van der Waals surface area contributed by atoms with E-state index in [1.54, 1.807) is 0 Å². The Morgan fingerprint density at radius 1 is 1.24 bits per heavy atom. The zero-order valence-corrected chi connectivity index (χ0v) is 15.6. The second-order valence-electron chi connectivity index (χ2n) is 7.72. The van der Waals surface area contributed by atoms with E-state index in [0.29, 0.717) is 25.4 Å². The number of carboxylic acid groups (broad SMARTS) is 1. The van der Waals surface area contributed by atoms with Crippen LogP contribution >= 0.6 is 0 Å². The van der Waals surface area contributed by atoms with Crippen molar-refractivity contribution >= 4 is 11.9 Å². The highest BCUT2D eigenvalue weighted by molar-refractivity contribution is 5.93. The van der Waals surface area contributed by atoms with E-state index < -0.39 is 35.5 Å². The minimum atomic E-state index is -0.956. The van der Waals surface area contributed by atoms with Gasteiger partial charge in [-0.2, -0.15) is 0 Å². The van der Waals surface area contributed by atoms with Crippen LogP contribution < -0.4 is 5.32 Å². The number of carbonyl (C=O) groups is 2. The Bertz CT molecular complexity index is 928. The van der Waals surface area contributed by atoms with Crippen LogP contribution in [0, 0.1) is 23.5 Å². The van der Waals surface area contributed by atoms with Crippen LogP contribution in [0.3, 0.4) is 0 Å². The maximum absolute atomic E-state index is 13.9. The molecular weight excluding hydrogens is 384 g/mol. The van der Waals surface area contributed by atoms with Crippen LogP contribution in [0.15, 0.2) is 28.8 Å². The first-order valence-electron chi connectivity index (χ1n) is 9.59. The highest BCUT2D eigenvalue weighted by Gasteiger charge is 2.37. The Morgan fingerprint density at radius 2 is 2.03 bits per heavy atom. The first kappa shape index (κ1) is 19.5. The summed E-state index contributed by atoms with van der Waals surface area (Å²) in [6, 6.07) is 3.73. The largest absolute Gasteiger partial charge is 0.481 e. The van der Waals surface area contributed by atoms with Crippen molar-refractivity contribution in [2.45, 2.75) is 25.3 Å². The minimum Gasteiger partial charge on any atom is -0.481 e. The molecule has 1 saturated carbocycles. The minimum absolute atomic E-state index is 0.00555. The number of aliphatic carboxylic acids is 1. The molecule has 0 unspecified atom stereocenters. The van der Waals surface area contributed by atoms with Gasteiger partial charge in [-0.05, 0) is 37.3 Å². The van der Waals surface area contributed by atoms with Gasteiger partial charge < -0.3 is 19.8 Å². The maximum Gasteiger partial charge on any atom is 0.309 e. The summed E-state index contributed by atoms with van der Waals surface area (Å²) in [7, 11) is 0. The Hall–Kier alpha value is -2.81. The third-order valence-electron chi connectivity index (χ3n) is 5.48. The second-order valence-corrected chi connectivity index (χ2v) is 7.72. The summed E-state index contributed by atoms with van der Waals surface area (Å²) < 4.78 is 32.0. The van der Waals surface area contributed by atoms with Crippen molar-refractivity contribution in [3.63, 3.8) is 0 Å². The third-order valence-corrected chi connectivity index (χ3v) is 5.48. The molecule has 1 aromatic heterocycles. The van der Waals surface area contributed by atoms with Gasteiger partial charge in [0.25, 0.3) is 5.91 Å². The van der Waals surface area contributed by atoms with Gasteiger partial charge in [0, 0.05) is 43.4 Å². The summed E-state index contributed by atoms with van der Waals surface area (Å²) in [5.74, 6) is -3.33. The number of carboxylic acids is 1. The lowest BCUT2D eigenvalue weighted by atomic mass is 9.91. The second kappa shape index (κ2) is 7.90. The average molecular weight is 405 g/mol. The molecule has 7 nitrogen and oxygen atoms in total. The molecule has 2 fully saturated rings. The van der Waals surface area contributed by atoms with Crippen molar-refractivity contribution in [1.29, 1.82) is 0 Å². The molecule has 1 saturated heterocycles. The molecule has 0 bridgehead atoms. The molecule has 4 rings (SSSR count). The Balaban J connectivity index is 1.43. The van der Waals surface area contributed by atoms with E-state index >= 15 is 0 Å². The van der Waals surface area contributed by atoms with Crippen LogP contribution in [-0.2, 0) is 4.79 Å². The normalized spacial score (nSPS) is 22.4. The lowest BCUT2D eigenvalue weighted by molar-refractivity contribution is -0.144. The number of aromatic nitrogens is 1. The monoisotopic (exact) mass is 405 g/mol. The number of carbonyl (C=O) groups excluding carboxylic acids is 1. The summed E-state index contributed by atoms with van der Waals surface area (Å²) in [6.45, 7) is 2.01. The molecule has 1 amide bonds. The van der Waals surface area contributed by atoms with E-state index in [1.165, 1.54) is 25.0 Å². The molecule has 1 aliphatic carbocycles. The highest BCUT2D eigenvalue weighted by Crippen LogP contribution is 2.31. The van der Waals surface area contributed by atoms with Gasteiger partial charge in [0.15, 0.2) is 0 Å². The van der Waals surface area contributed by atoms with E-state index in [4.69, 9.17) is 4.52 Å². The quantitative estimate of drug-likeness (QED) is 0.767. The standard InChI is InChI=1S/C20H21F2N3O4/c21-12-3-4-13(15(22)7-12)17-8-18(29-24-17)19(26)23-16-5-6-25(9-11-1-2-11)10-14(16)20(27)28/h3-4,7-8,11,14,16H,1-2,5-6,9-10H2,(H,23,26)(H,27,28)/t14-,16-/m1/s1. The summed E-state index contributed by atoms with van der Waals surface area (Å²) in [5.41, 5.74) is 0.0627. The molecule has 2 heterocycles. The zero-order valence-electron chi connectivity index (χ0n) is 15.6. The van der Waals surface area contributed by atoms with Crippen LogP contribution in [0.4, 0.5) is 8.78 Å². The van der Waals surface area contributed by atoms with Crippen LogP contribution in [0.5, 0.6) is 0 Å². The molecule has 0 spiro atoms. The van der Waals surface area contributed by atoms with Gasteiger partial charge in [-0.1, -0.05) is 5.16 Å². The highest BCUT2D eigenvalue weighted by atomic mass is 19.1. The molecule has 29 heavy (non-hydrogen) atoms. The molecule has 2 aliphatic rings. The Morgan fingerprint density at radius 3 is 2.72 bits per heavy atom. The van der Waals surface area contributed by atoms with Crippen molar-refractivity contribution in [2.24, 2.45) is 11.8 Å². The van der Waals surface area contributed by atoms with Crippen molar-refractivity contribution in [1.82, 2.24) is 15.4 Å².